The van der Waals surface area contributed by atoms with E-state index in [-0.39, 0.29) is 5.91 Å². The topological polar surface area (TPSA) is 80.4 Å². The molecule has 0 aliphatic heterocycles. The van der Waals surface area contributed by atoms with Crippen molar-refractivity contribution in [2.24, 2.45) is 0 Å². The zero-order valence-electron chi connectivity index (χ0n) is 12.5. The van der Waals surface area contributed by atoms with Crippen LogP contribution in [0, 0.1) is 0 Å². The summed E-state index contributed by atoms with van der Waals surface area (Å²) < 4.78 is 11.0. The molecular weight excluding hydrogens is 284 g/mol. The van der Waals surface area contributed by atoms with Gasteiger partial charge >= 0.3 is 0 Å². The third-order valence-corrected chi connectivity index (χ3v) is 2.88. The Kier molecular flexibility index (Phi) is 5.19. The van der Waals surface area contributed by atoms with Crippen molar-refractivity contribution in [3.8, 4) is 11.5 Å². The molecule has 1 heterocycles. The van der Waals surface area contributed by atoms with Crippen molar-refractivity contribution >= 4 is 17.9 Å². The maximum absolute atomic E-state index is 12.1. The molecule has 0 spiro atoms. The molecule has 22 heavy (non-hydrogen) atoms. The number of amides is 1. The zero-order valence-corrected chi connectivity index (χ0v) is 12.5. The van der Waals surface area contributed by atoms with Gasteiger partial charge < -0.3 is 19.8 Å². The van der Waals surface area contributed by atoms with Gasteiger partial charge in [-0.15, -0.1) is 0 Å². The van der Waals surface area contributed by atoms with Gasteiger partial charge in [0, 0.05) is 11.8 Å². The van der Waals surface area contributed by atoms with Gasteiger partial charge in [0.25, 0.3) is 5.91 Å². The van der Waals surface area contributed by atoms with Crippen LogP contribution in [0.5, 0.6) is 11.5 Å². The highest BCUT2D eigenvalue weighted by Gasteiger charge is 2.11. The Hall–Kier alpha value is -2.76. The van der Waals surface area contributed by atoms with E-state index >= 15 is 0 Å². The van der Waals surface area contributed by atoms with E-state index in [0.29, 0.717) is 48.1 Å². The molecule has 0 radical (unpaired) electrons. The van der Waals surface area contributed by atoms with E-state index in [1.165, 1.54) is 0 Å². The Morgan fingerprint density at radius 2 is 1.86 bits per heavy atom. The number of nitrogens with one attached hydrogen (secondary N) is 2. The molecule has 0 bridgehead atoms. The van der Waals surface area contributed by atoms with Gasteiger partial charge in [-0.2, -0.15) is 0 Å². The maximum Gasteiger partial charge on any atom is 0.272 e. The van der Waals surface area contributed by atoms with Crippen molar-refractivity contribution in [1.82, 2.24) is 4.98 Å². The molecule has 0 aliphatic carbocycles. The summed E-state index contributed by atoms with van der Waals surface area (Å²) in [5, 5.41) is 2.74. The highest BCUT2D eigenvalue weighted by molar-refractivity contribution is 6.03. The summed E-state index contributed by atoms with van der Waals surface area (Å²) in [4.78, 5) is 25.4. The van der Waals surface area contributed by atoms with Crippen molar-refractivity contribution in [1.29, 1.82) is 0 Å². The molecule has 6 nitrogen and oxygen atoms in total. The van der Waals surface area contributed by atoms with Gasteiger partial charge in [0.15, 0.2) is 17.8 Å². The van der Waals surface area contributed by atoms with Crippen LogP contribution >= 0.6 is 0 Å². The summed E-state index contributed by atoms with van der Waals surface area (Å²) in [5.41, 5.74) is 1.25. The van der Waals surface area contributed by atoms with Crippen LogP contribution in [0.25, 0.3) is 0 Å². The van der Waals surface area contributed by atoms with E-state index < -0.39 is 0 Å². The highest BCUT2D eigenvalue weighted by atomic mass is 16.5. The molecule has 0 fully saturated rings. The molecule has 0 aliphatic rings. The van der Waals surface area contributed by atoms with Crippen LogP contribution in [0.15, 0.2) is 30.3 Å². The molecule has 116 valence electrons. The number of H-pyrrole nitrogens is 1. The smallest absolute Gasteiger partial charge is 0.272 e. The Morgan fingerprint density at radius 1 is 1.14 bits per heavy atom. The minimum Gasteiger partial charge on any atom is -0.490 e. The van der Waals surface area contributed by atoms with E-state index in [1.54, 1.807) is 30.3 Å². The van der Waals surface area contributed by atoms with Gasteiger partial charge in [0.1, 0.15) is 5.69 Å². The van der Waals surface area contributed by atoms with Crippen LogP contribution in [-0.4, -0.2) is 30.4 Å². The fourth-order valence-corrected chi connectivity index (χ4v) is 1.94. The fraction of sp³-hybridized carbons (Fsp3) is 0.250. The van der Waals surface area contributed by atoms with Gasteiger partial charge in [-0.25, -0.2) is 0 Å². The van der Waals surface area contributed by atoms with Crippen LogP contribution in [0.1, 0.15) is 34.8 Å². The first-order valence-electron chi connectivity index (χ1n) is 7.03. The molecule has 1 aromatic heterocycles. The van der Waals surface area contributed by atoms with Crippen LogP contribution in [0.4, 0.5) is 5.69 Å². The zero-order chi connectivity index (χ0) is 15.9. The number of anilines is 1. The third kappa shape index (κ3) is 3.66. The second kappa shape index (κ2) is 7.31. The van der Waals surface area contributed by atoms with Crippen molar-refractivity contribution in [2.45, 2.75) is 13.8 Å². The predicted octanol–water partition coefficient (Wildman–Crippen LogP) is 2.88. The monoisotopic (exact) mass is 302 g/mol. The first-order chi connectivity index (χ1) is 10.7. The summed E-state index contributed by atoms with van der Waals surface area (Å²) in [6.45, 7) is 4.79. The lowest BCUT2D eigenvalue weighted by atomic mass is 10.2. The molecule has 1 aromatic carbocycles. The van der Waals surface area contributed by atoms with Gasteiger partial charge in [-0.3, -0.25) is 9.59 Å². The second-order valence-electron chi connectivity index (χ2n) is 4.43. The van der Waals surface area contributed by atoms with Crippen LogP contribution < -0.4 is 14.8 Å². The molecule has 2 N–H and O–H groups in total. The van der Waals surface area contributed by atoms with Crippen molar-refractivity contribution < 1.29 is 19.1 Å². The van der Waals surface area contributed by atoms with Gasteiger partial charge in [0.2, 0.25) is 0 Å². The SMILES string of the molecule is CCOc1ccc(NC(=O)c2ccc(C=O)[nH]2)cc1OCC. The molecule has 0 unspecified atom stereocenters. The molecule has 0 atom stereocenters. The standard InChI is InChI=1S/C16H18N2O4/c1-3-21-14-8-6-11(9-15(14)22-4-2)18-16(20)13-7-5-12(10-19)17-13/h5-10,17H,3-4H2,1-2H3,(H,18,20). The number of benzene rings is 1. The van der Waals surface area contributed by atoms with Crippen LogP contribution in [0.3, 0.4) is 0 Å². The summed E-state index contributed by atoms with van der Waals surface area (Å²) >= 11 is 0. The van der Waals surface area contributed by atoms with Gasteiger partial charge in [0.05, 0.1) is 18.9 Å². The Labute approximate surface area is 128 Å². The van der Waals surface area contributed by atoms with E-state index in [0.717, 1.165) is 0 Å². The van der Waals surface area contributed by atoms with Crippen molar-refractivity contribution in [3.63, 3.8) is 0 Å². The van der Waals surface area contributed by atoms with E-state index in [2.05, 4.69) is 10.3 Å². The van der Waals surface area contributed by atoms with Crippen molar-refractivity contribution in [3.05, 3.63) is 41.7 Å². The lowest BCUT2D eigenvalue weighted by Crippen LogP contribution is -2.12. The Bertz CT molecular complexity index is 664. The van der Waals surface area contributed by atoms with Crippen LogP contribution in [0.2, 0.25) is 0 Å². The maximum atomic E-state index is 12.1. The number of carbonyl (C=O) groups excluding carboxylic acids is 2. The molecular formula is C16H18N2O4. The quantitative estimate of drug-likeness (QED) is 0.771. The normalized spacial score (nSPS) is 10.1. The minimum absolute atomic E-state index is 0.314. The average Bonchev–Trinajstić information content (AvgIpc) is 2.99. The third-order valence-electron chi connectivity index (χ3n) is 2.88. The molecule has 0 saturated heterocycles. The average molecular weight is 302 g/mol. The molecule has 1 amide bonds. The summed E-state index contributed by atoms with van der Waals surface area (Å²) in [5.74, 6) is 0.868. The summed E-state index contributed by atoms with van der Waals surface area (Å²) in [6, 6.07) is 8.28. The molecule has 0 saturated carbocycles. The number of rotatable bonds is 7. The minimum atomic E-state index is -0.334. The van der Waals surface area contributed by atoms with Gasteiger partial charge in [-0.1, -0.05) is 0 Å². The summed E-state index contributed by atoms with van der Waals surface area (Å²) in [6.07, 6.45) is 0.654. The lowest BCUT2D eigenvalue weighted by molar-refractivity contribution is 0.102. The number of hydrogen-bond acceptors (Lipinski definition) is 4. The number of ether oxygens (including phenoxy) is 2. The molecule has 2 aromatic rings. The van der Waals surface area contributed by atoms with E-state index in [1.807, 2.05) is 13.8 Å². The number of carbonyl (C=O) groups is 2. The predicted molar refractivity (Wildman–Crippen MR) is 82.9 cm³/mol. The lowest BCUT2D eigenvalue weighted by Gasteiger charge is -2.12. The fourth-order valence-electron chi connectivity index (χ4n) is 1.94. The Balaban J connectivity index is 2.16. The number of aromatic nitrogens is 1. The number of aldehydes is 1. The first-order valence-corrected chi connectivity index (χ1v) is 7.03. The van der Waals surface area contributed by atoms with Crippen molar-refractivity contribution in [2.75, 3.05) is 18.5 Å². The highest BCUT2D eigenvalue weighted by Crippen LogP contribution is 2.30. The number of hydrogen-bond donors (Lipinski definition) is 2. The first kappa shape index (κ1) is 15.6. The molecule has 2 rings (SSSR count). The molecule has 6 heteroatoms. The Morgan fingerprint density at radius 3 is 2.50 bits per heavy atom. The largest absolute Gasteiger partial charge is 0.490 e. The summed E-state index contributed by atoms with van der Waals surface area (Å²) in [7, 11) is 0. The van der Waals surface area contributed by atoms with E-state index in [4.69, 9.17) is 9.47 Å². The van der Waals surface area contributed by atoms with Crippen LogP contribution in [-0.2, 0) is 0 Å². The van der Waals surface area contributed by atoms with Gasteiger partial charge in [-0.05, 0) is 38.1 Å². The number of aromatic amines is 1. The van der Waals surface area contributed by atoms with E-state index in [9.17, 15) is 9.59 Å². The second-order valence-corrected chi connectivity index (χ2v) is 4.43.